The number of hydrogen-bond acceptors (Lipinski definition) is 3. The third-order valence-electron chi connectivity index (χ3n) is 7.27. The summed E-state index contributed by atoms with van der Waals surface area (Å²) < 4.78 is 0.953. The Morgan fingerprint density at radius 1 is 0.912 bits per heavy atom. The molecule has 3 amide bonds. The minimum Gasteiger partial charge on any atom is -0.337 e. The van der Waals surface area contributed by atoms with E-state index in [1.54, 1.807) is 4.90 Å². The Kier molecular flexibility index (Phi) is 8.27. The highest BCUT2D eigenvalue weighted by Gasteiger charge is 2.35. The fourth-order valence-electron chi connectivity index (χ4n) is 5.06. The molecule has 6 nitrogen and oxygen atoms in total. The van der Waals surface area contributed by atoms with Crippen LogP contribution in [0.5, 0.6) is 0 Å². The standard InChI is InChI=1S/C27H35BrN4O2/c1-29(26(33)22-10-12-23(28)13-11-22)25-15-18-32(20-25)27(34)30(2)24-14-17-31(19-24)16-6-9-21-7-4-3-5-8-21/h3-5,7-8,10-13,24-25H,6,9,14-20H2,1-2H3. The van der Waals surface area contributed by atoms with E-state index < -0.39 is 0 Å². The van der Waals surface area contributed by atoms with Crippen molar-refractivity contribution in [2.45, 2.75) is 37.8 Å². The van der Waals surface area contributed by atoms with E-state index in [1.807, 2.05) is 48.2 Å². The summed E-state index contributed by atoms with van der Waals surface area (Å²) >= 11 is 3.41. The van der Waals surface area contributed by atoms with Gasteiger partial charge in [-0.25, -0.2) is 4.79 Å². The first-order valence-corrected chi connectivity index (χ1v) is 13.0. The number of likely N-dealkylation sites (N-methyl/N-ethyl adjacent to an activating group) is 2. The van der Waals surface area contributed by atoms with E-state index in [1.165, 1.54) is 5.56 Å². The molecule has 2 fully saturated rings. The first-order valence-electron chi connectivity index (χ1n) is 12.2. The lowest BCUT2D eigenvalue weighted by Gasteiger charge is -2.30. The maximum atomic E-state index is 13.2. The van der Waals surface area contributed by atoms with E-state index in [2.05, 4.69) is 51.2 Å². The lowest BCUT2D eigenvalue weighted by Crippen LogP contribution is -2.47. The highest BCUT2D eigenvalue weighted by Crippen LogP contribution is 2.22. The molecule has 2 unspecified atom stereocenters. The van der Waals surface area contributed by atoms with Gasteiger partial charge in [0.25, 0.3) is 5.91 Å². The van der Waals surface area contributed by atoms with E-state index >= 15 is 0 Å². The average molecular weight is 528 g/mol. The largest absolute Gasteiger partial charge is 0.337 e. The topological polar surface area (TPSA) is 47.1 Å². The summed E-state index contributed by atoms with van der Waals surface area (Å²) in [7, 11) is 3.78. The van der Waals surface area contributed by atoms with Crippen molar-refractivity contribution < 1.29 is 9.59 Å². The molecule has 2 aromatic carbocycles. The minimum atomic E-state index is 0.00194. The number of halogens is 1. The van der Waals surface area contributed by atoms with Crippen LogP contribution in [-0.2, 0) is 6.42 Å². The van der Waals surface area contributed by atoms with Crippen molar-refractivity contribution in [3.05, 3.63) is 70.2 Å². The summed E-state index contributed by atoms with van der Waals surface area (Å²) in [4.78, 5) is 34.2. The number of benzene rings is 2. The van der Waals surface area contributed by atoms with Crippen LogP contribution in [0.25, 0.3) is 0 Å². The normalized spacial score (nSPS) is 20.5. The van der Waals surface area contributed by atoms with Crippen molar-refractivity contribution >= 4 is 27.9 Å². The number of aryl methyl sites for hydroxylation is 1. The van der Waals surface area contributed by atoms with Crippen LogP contribution in [0, 0.1) is 0 Å². The van der Waals surface area contributed by atoms with Gasteiger partial charge in [0.15, 0.2) is 0 Å². The number of carbonyl (C=O) groups excluding carboxylic acids is 2. The quantitative estimate of drug-likeness (QED) is 0.538. The Bertz CT molecular complexity index is 968. The first-order chi connectivity index (χ1) is 16.4. The Labute approximate surface area is 211 Å². The zero-order chi connectivity index (χ0) is 24.1. The Morgan fingerprint density at radius 2 is 1.59 bits per heavy atom. The molecule has 0 bridgehead atoms. The number of urea groups is 1. The molecular weight excluding hydrogens is 492 g/mol. The molecule has 0 aliphatic carbocycles. The maximum Gasteiger partial charge on any atom is 0.320 e. The summed E-state index contributed by atoms with van der Waals surface area (Å²) in [5.74, 6) is 0.00194. The fourth-order valence-corrected chi connectivity index (χ4v) is 5.32. The van der Waals surface area contributed by atoms with Gasteiger partial charge in [0.2, 0.25) is 0 Å². The first kappa shape index (κ1) is 24.7. The molecule has 0 aromatic heterocycles. The lowest BCUT2D eigenvalue weighted by molar-refractivity contribution is 0.0734. The number of likely N-dealkylation sites (tertiary alicyclic amines) is 2. The van der Waals surface area contributed by atoms with Crippen molar-refractivity contribution in [2.24, 2.45) is 0 Å². The van der Waals surface area contributed by atoms with Crippen molar-refractivity contribution in [1.29, 1.82) is 0 Å². The molecule has 0 N–H and O–H groups in total. The van der Waals surface area contributed by atoms with Gasteiger partial charge in [0, 0.05) is 56.4 Å². The molecule has 2 aliphatic rings. The second kappa shape index (κ2) is 11.4. The van der Waals surface area contributed by atoms with Crippen LogP contribution in [0.3, 0.4) is 0 Å². The van der Waals surface area contributed by atoms with Crippen molar-refractivity contribution in [3.8, 4) is 0 Å². The highest BCUT2D eigenvalue weighted by atomic mass is 79.9. The zero-order valence-corrected chi connectivity index (χ0v) is 21.8. The van der Waals surface area contributed by atoms with E-state index in [0.29, 0.717) is 18.7 Å². The molecule has 0 radical (unpaired) electrons. The molecule has 2 aromatic rings. The summed E-state index contributed by atoms with van der Waals surface area (Å²) in [5, 5.41) is 0. The van der Waals surface area contributed by atoms with Crippen molar-refractivity contribution in [3.63, 3.8) is 0 Å². The number of carbonyl (C=O) groups is 2. The number of rotatable bonds is 7. The monoisotopic (exact) mass is 526 g/mol. The van der Waals surface area contributed by atoms with Crippen LogP contribution >= 0.6 is 15.9 Å². The van der Waals surface area contributed by atoms with Gasteiger partial charge in [-0.15, -0.1) is 0 Å². The molecular formula is C27H35BrN4O2. The molecule has 4 rings (SSSR count). The summed E-state index contributed by atoms with van der Waals surface area (Å²) in [5.41, 5.74) is 2.06. The van der Waals surface area contributed by atoms with Gasteiger partial charge in [-0.3, -0.25) is 4.79 Å². The van der Waals surface area contributed by atoms with Gasteiger partial charge < -0.3 is 19.6 Å². The number of amides is 3. The van der Waals surface area contributed by atoms with E-state index in [4.69, 9.17) is 0 Å². The second-order valence-corrected chi connectivity index (χ2v) is 10.5. The van der Waals surface area contributed by atoms with E-state index in [-0.39, 0.29) is 24.0 Å². The van der Waals surface area contributed by atoms with Gasteiger partial charge in [-0.1, -0.05) is 46.3 Å². The SMILES string of the molecule is CN(C(=O)c1ccc(Br)cc1)C1CCN(C(=O)N(C)C2CCN(CCCc3ccccc3)C2)C1. The Morgan fingerprint density at radius 3 is 2.32 bits per heavy atom. The maximum absolute atomic E-state index is 13.2. The van der Waals surface area contributed by atoms with Crippen LogP contribution in [0.2, 0.25) is 0 Å². The van der Waals surface area contributed by atoms with Crippen LogP contribution in [0.15, 0.2) is 59.1 Å². The van der Waals surface area contributed by atoms with Crippen LogP contribution in [0.4, 0.5) is 4.79 Å². The van der Waals surface area contributed by atoms with Gasteiger partial charge in [0.1, 0.15) is 0 Å². The predicted octanol–water partition coefficient (Wildman–Crippen LogP) is 4.35. The van der Waals surface area contributed by atoms with Crippen LogP contribution < -0.4 is 0 Å². The molecule has 2 aliphatic heterocycles. The minimum absolute atomic E-state index is 0.00194. The number of nitrogens with zero attached hydrogens (tertiary/aromatic N) is 4. The van der Waals surface area contributed by atoms with Gasteiger partial charge >= 0.3 is 6.03 Å². The molecule has 34 heavy (non-hydrogen) atoms. The smallest absolute Gasteiger partial charge is 0.320 e. The van der Waals surface area contributed by atoms with Gasteiger partial charge in [0.05, 0.1) is 6.04 Å². The molecule has 0 saturated carbocycles. The molecule has 0 spiro atoms. The van der Waals surface area contributed by atoms with Crippen LogP contribution in [0.1, 0.15) is 35.2 Å². The lowest BCUT2D eigenvalue weighted by atomic mass is 10.1. The fraction of sp³-hybridized carbons (Fsp3) is 0.481. The summed E-state index contributed by atoms with van der Waals surface area (Å²) in [6, 6.07) is 18.4. The molecule has 2 atom stereocenters. The van der Waals surface area contributed by atoms with E-state index in [0.717, 1.165) is 49.8 Å². The Hall–Kier alpha value is -2.38. The Balaban J connectivity index is 1.23. The predicted molar refractivity (Wildman–Crippen MR) is 139 cm³/mol. The number of hydrogen-bond donors (Lipinski definition) is 0. The highest BCUT2D eigenvalue weighted by molar-refractivity contribution is 9.10. The zero-order valence-electron chi connectivity index (χ0n) is 20.2. The summed E-state index contributed by atoms with van der Waals surface area (Å²) in [6.07, 6.45) is 4.07. The molecule has 2 heterocycles. The third-order valence-corrected chi connectivity index (χ3v) is 7.80. The van der Waals surface area contributed by atoms with Crippen molar-refractivity contribution in [1.82, 2.24) is 19.6 Å². The molecule has 2 saturated heterocycles. The third kappa shape index (κ3) is 5.99. The second-order valence-electron chi connectivity index (χ2n) is 9.54. The van der Waals surface area contributed by atoms with Crippen molar-refractivity contribution in [2.75, 3.05) is 46.8 Å². The van der Waals surface area contributed by atoms with Gasteiger partial charge in [-0.05, 0) is 62.1 Å². The van der Waals surface area contributed by atoms with Gasteiger partial charge in [-0.2, -0.15) is 0 Å². The average Bonchev–Trinajstić information content (AvgIpc) is 3.54. The van der Waals surface area contributed by atoms with Crippen LogP contribution in [-0.4, -0.2) is 90.4 Å². The van der Waals surface area contributed by atoms with E-state index in [9.17, 15) is 9.59 Å². The summed E-state index contributed by atoms with van der Waals surface area (Å²) in [6.45, 7) is 4.34. The molecule has 7 heteroatoms. The molecule has 182 valence electrons.